The first-order valence-corrected chi connectivity index (χ1v) is 9.32. The largest absolute Gasteiger partial charge is 0.310 e. The van der Waals surface area contributed by atoms with Crippen molar-refractivity contribution in [2.45, 2.75) is 65.8 Å². The zero-order valence-electron chi connectivity index (χ0n) is 14.0. The molecule has 0 spiro atoms. The van der Waals surface area contributed by atoms with E-state index in [0.717, 1.165) is 18.4 Å². The van der Waals surface area contributed by atoms with Crippen LogP contribution in [0.1, 0.15) is 68.7 Å². The molecule has 1 nitrogen and oxygen atoms in total. The molecule has 1 saturated carbocycles. The van der Waals surface area contributed by atoms with Crippen LogP contribution < -0.4 is 5.32 Å². The lowest BCUT2D eigenvalue weighted by Crippen LogP contribution is -2.31. The number of hydrogen-bond acceptors (Lipinski definition) is 1. The van der Waals surface area contributed by atoms with Gasteiger partial charge in [0, 0.05) is 10.5 Å². The van der Waals surface area contributed by atoms with E-state index in [4.69, 9.17) is 0 Å². The molecule has 0 amide bonds. The molecular weight excluding hydrogens is 322 g/mol. The molecular formula is C19H30BrN. The van der Waals surface area contributed by atoms with Crippen molar-refractivity contribution in [2.75, 3.05) is 6.54 Å². The molecule has 0 bridgehead atoms. The maximum Gasteiger partial charge on any atom is 0.0348 e. The maximum absolute atomic E-state index is 3.83. The summed E-state index contributed by atoms with van der Waals surface area (Å²) in [5.74, 6) is 1.72. The number of aryl methyl sites for hydroxylation is 2. The smallest absolute Gasteiger partial charge is 0.0348 e. The highest BCUT2D eigenvalue weighted by Gasteiger charge is 2.27. The molecule has 1 aliphatic rings. The van der Waals surface area contributed by atoms with Crippen LogP contribution in [0.2, 0.25) is 0 Å². The van der Waals surface area contributed by atoms with Gasteiger partial charge in [-0.1, -0.05) is 54.8 Å². The molecule has 0 aliphatic heterocycles. The SMILES string of the molecule is CCCNC(c1cc(C)c(Br)c(C)c1)C1CCC(C)CC1. The minimum atomic E-state index is 0.531. The molecule has 21 heavy (non-hydrogen) atoms. The summed E-state index contributed by atoms with van der Waals surface area (Å²) in [5, 5.41) is 3.83. The summed E-state index contributed by atoms with van der Waals surface area (Å²) in [4.78, 5) is 0. The molecule has 118 valence electrons. The molecule has 0 radical (unpaired) electrons. The molecule has 2 heteroatoms. The fourth-order valence-corrected chi connectivity index (χ4v) is 3.86. The minimum Gasteiger partial charge on any atom is -0.310 e. The van der Waals surface area contributed by atoms with Crippen molar-refractivity contribution in [1.29, 1.82) is 0 Å². The van der Waals surface area contributed by atoms with Gasteiger partial charge in [0.15, 0.2) is 0 Å². The number of hydrogen-bond donors (Lipinski definition) is 1. The molecule has 0 aromatic heterocycles. The Bertz CT molecular complexity index is 438. The second kappa shape index (κ2) is 7.78. The van der Waals surface area contributed by atoms with Crippen LogP contribution in [0.25, 0.3) is 0 Å². The Morgan fingerprint density at radius 1 is 1.14 bits per heavy atom. The van der Waals surface area contributed by atoms with E-state index in [0.29, 0.717) is 6.04 Å². The first-order chi connectivity index (χ1) is 10.0. The van der Waals surface area contributed by atoms with Gasteiger partial charge in [-0.25, -0.2) is 0 Å². The topological polar surface area (TPSA) is 12.0 Å². The summed E-state index contributed by atoms with van der Waals surface area (Å²) in [5.41, 5.74) is 4.20. The molecule has 1 fully saturated rings. The lowest BCUT2D eigenvalue weighted by Gasteiger charge is -2.34. The Morgan fingerprint density at radius 3 is 2.24 bits per heavy atom. The van der Waals surface area contributed by atoms with Gasteiger partial charge in [-0.05, 0) is 68.2 Å². The van der Waals surface area contributed by atoms with Gasteiger partial charge in [0.05, 0.1) is 0 Å². The van der Waals surface area contributed by atoms with E-state index in [1.54, 1.807) is 0 Å². The van der Waals surface area contributed by atoms with E-state index in [2.05, 4.69) is 61.1 Å². The summed E-state index contributed by atoms with van der Waals surface area (Å²) < 4.78 is 1.26. The Balaban J connectivity index is 2.23. The molecule has 1 unspecified atom stereocenters. The number of halogens is 1. The van der Waals surface area contributed by atoms with Gasteiger partial charge in [0.25, 0.3) is 0 Å². The Kier molecular flexibility index (Phi) is 6.31. The number of rotatable bonds is 5. The van der Waals surface area contributed by atoms with Crippen LogP contribution in [0.3, 0.4) is 0 Å². The molecule has 1 N–H and O–H groups in total. The third kappa shape index (κ3) is 4.32. The molecule has 1 aromatic rings. The summed E-state index contributed by atoms with van der Waals surface area (Å²) in [7, 11) is 0. The Labute approximate surface area is 139 Å². The van der Waals surface area contributed by atoms with Crippen LogP contribution in [-0.2, 0) is 0 Å². The van der Waals surface area contributed by atoms with Gasteiger partial charge in [-0.2, -0.15) is 0 Å². The highest BCUT2D eigenvalue weighted by molar-refractivity contribution is 9.10. The van der Waals surface area contributed by atoms with Crippen molar-refractivity contribution in [3.8, 4) is 0 Å². The Morgan fingerprint density at radius 2 is 1.71 bits per heavy atom. The monoisotopic (exact) mass is 351 g/mol. The van der Waals surface area contributed by atoms with Crippen molar-refractivity contribution < 1.29 is 0 Å². The van der Waals surface area contributed by atoms with E-state index in [1.807, 2.05) is 0 Å². The van der Waals surface area contributed by atoms with E-state index in [-0.39, 0.29) is 0 Å². The summed E-state index contributed by atoms with van der Waals surface area (Å²) in [6.45, 7) is 10.2. The van der Waals surface area contributed by atoms with Crippen LogP contribution in [0.15, 0.2) is 16.6 Å². The highest BCUT2D eigenvalue weighted by atomic mass is 79.9. The van der Waals surface area contributed by atoms with Crippen molar-refractivity contribution in [3.63, 3.8) is 0 Å². The lowest BCUT2D eigenvalue weighted by molar-refractivity contribution is 0.231. The second-order valence-corrected chi connectivity index (χ2v) is 7.71. The third-order valence-corrected chi connectivity index (χ3v) is 6.21. The van der Waals surface area contributed by atoms with Crippen molar-refractivity contribution in [2.24, 2.45) is 11.8 Å². The minimum absolute atomic E-state index is 0.531. The standard InChI is InChI=1S/C19H30BrN/c1-5-10-21-19(16-8-6-13(2)7-9-16)17-11-14(3)18(20)15(4)12-17/h11-13,16,19,21H,5-10H2,1-4H3. The van der Waals surface area contributed by atoms with Gasteiger partial charge < -0.3 is 5.32 Å². The van der Waals surface area contributed by atoms with E-state index >= 15 is 0 Å². The van der Waals surface area contributed by atoms with Crippen LogP contribution in [0, 0.1) is 25.7 Å². The predicted octanol–water partition coefficient (Wildman–Crippen LogP) is 5.93. The van der Waals surface area contributed by atoms with Gasteiger partial charge in [-0.15, -0.1) is 0 Å². The number of nitrogens with one attached hydrogen (secondary N) is 1. The molecule has 1 atom stereocenters. The lowest BCUT2D eigenvalue weighted by atomic mass is 9.77. The van der Waals surface area contributed by atoms with Gasteiger partial charge in [-0.3, -0.25) is 0 Å². The molecule has 1 aliphatic carbocycles. The first-order valence-electron chi connectivity index (χ1n) is 8.53. The van der Waals surface area contributed by atoms with Crippen molar-refractivity contribution >= 4 is 15.9 Å². The van der Waals surface area contributed by atoms with Gasteiger partial charge in [0.1, 0.15) is 0 Å². The average Bonchev–Trinajstić information content (AvgIpc) is 2.46. The van der Waals surface area contributed by atoms with Crippen LogP contribution in [-0.4, -0.2) is 6.54 Å². The summed E-state index contributed by atoms with van der Waals surface area (Å²) >= 11 is 3.70. The fraction of sp³-hybridized carbons (Fsp3) is 0.684. The van der Waals surface area contributed by atoms with Gasteiger partial charge in [0.2, 0.25) is 0 Å². The third-order valence-electron chi connectivity index (χ3n) is 4.96. The highest BCUT2D eigenvalue weighted by Crippen LogP contribution is 2.38. The van der Waals surface area contributed by atoms with Crippen LogP contribution in [0.4, 0.5) is 0 Å². The normalized spacial score (nSPS) is 24.0. The first kappa shape index (κ1) is 17.0. The summed E-state index contributed by atoms with van der Waals surface area (Å²) in [6.07, 6.45) is 6.73. The van der Waals surface area contributed by atoms with Crippen LogP contribution in [0.5, 0.6) is 0 Å². The average molecular weight is 352 g/mol. The zero-order chi connectivity index (χ0) is 15.4. The summed E-state index contributed by atoms with van der Waals surface area (Å²) in [6, 6.07) is 5.29. The second-order valence-electron chi connectivity index (χ2n) is 6.92. The molecule has 1 aromatic carbocycles. The zero-order valence-corrected chi connectivity index (χ0v) is 15.6. The van der Waals surface area contributed by atoms with Gasteiger partial charge >= 0.3 is 0 Å². The van der Waals surface area contributed by atoms with E-state index in [1.165, 1.54) is 53.3 Å². The molecule has 2 rings (SSSR count). The fourth-order valence-electron chi connectivity index (χ4n) is 3.63. The number of benzene rings is 1. The predicted molar refractivity (Wildman–Crippen MR) is 95.8 cm³/mol. The van der Waals surface area contributed by atoms with E-state index < -0.39 is 0 Å². The van der Waals surface area contributed by atoms with Crippen molar-refractivity contribution in [3.05, 3.63) is 33.3 Å². The molecule has 0 saturated heterocycles. The quantitative estimate of drug-likeness (QED) is 0.692. The molecule has 0 heterocycles. The van der Waals surface area contributed by atoms with Crippen molar-refractivity contribution in [1.82, 2.24) is 5.32 Å². The van der Waals surface area contributed by atoms with Crippen LogP contribution >= 0.6 is 15.9 Å². The maximum atomic E-state index is 3.83. The Hall–Kier alpha value is -0.340. The van der Waals surface area contributed by atoms with E-state index in [9.17, 15) is 0 Å².